The molecule has 6 rings (SSSR count). The van der Waals surface area contributed by atoms with Gasteiger partial charge < -0.3 is 15.2 Å². The Kier molecular flexibility index (Phi) is 6.05. The summed E-state index contributed by atoms with van der Waals surface area (Å²) in [7, 11) is -1.75. The van der Waals surface area contributed by atoms with Crippen LogP contribution in [0.25, 0.3) is 0 Å². The summed E-state index contributed by atoms with van der Waals surface area (Å²) in [5.74, 6) is -3.52. The van der Waals surface area contributed by atoms with E-state index in [1.165, 1.54) is 18.2 Å². The van der Waals surface area contributed by atoms with E-state index in [4.69, 9.17) is 0 Å². The van der Waals surface area contributed by atoms with Gasteiger partial charge in [-0.1, -0.05) is 35.9 Å². The number of hydrogen-bond donors (Lipinski definition) is 3. The van der Waals surface area contributed by atoms with Gasteiger partial charge in [-0.3, -0.25) is 24.1 Å². The Hall–Kier alpha value is -4.08. The van der Waals surface area contributed by atoms with Crippen LogP contribution in [0.2, 0.25) is 0 Å². The molecule has 0 aromatic heterocycles. The predicted octanol–water partition coefficient (Wildman–Crippen LogP) is 2.32. The van der Waals surface area contributed by atoms with E-state index in [9.17, 15) is 34.3 Å². The fourth-order valence-electron chi connectivity index (χ4n) is 7.00. The van der Waals surface area contributed by atoms with E-state index in [0.29, 0.717) is 34.3 Å². The maximum absolute atomic E-state index is 14.0. The molecular formula is C31H28BNO7. The lowest BCUT2D eigenvalue weighted by Gasteiger charge is -2.42. The van der Waals surface area contributed by atoms with E-state index in [-0.39, 0.29) is 40.8 Å². The molecule has 202 valence electrons. The summed E-state index contributed by atoms with van der Waals surface area (Å²) in [6.07, 6.45) is 3.79. The topological polar surface area (TPSA) is 132 Å². The average molecular weight is 537 g/mol. The van der Waals surface area contributed by atoms with Gasteiger partial charge in [0.15, 0.2) is 11.6 Å². The number of phenolic OH excluding ortho intramolecular Hbond substituents is 1. The van der Waals surface area contributed by atoms with Crippen molar-refractivity contribution in [2.45, 2.75) is 39.5 Å². The first kappa shape index (κ1) is 26.2. The number of allylic oxidation sites excluding steroid dienone is 6. The zero-order chi connectivity index (χ0) is 28.6. The number of aromatic hydroxyl groups is 1. The lowest BCUT2D eigenvalue weighted by Crippen LogP contribution is -2.40. The number of carbonyl (C=O) groups excluding carboxylic acids is 4. The normalized spacial score (nSPS) is 25.9. The number of carbonyl (C=O) groups is 4. The minimum absolute atomic E-state index is 0.158. The summed E-state index contributed by atoms with van der Waals surface area (Å²) < 4.78 is 0. The molecule has 0 radical (unpaired) electrons. The number of rotatable bonds is 3. The molecule has 9 heteroatoms. The van der Waals surface area contributed by atoms with E-state index in [0.717, 1.165) is 16.0 Å². The van der Waals surface area contributed by atoms with Crippen LogP contribution in [-0.2, 0) is 19.2 Å². The van der Waals surface area contributed by atoms with Gasteiger partial charge in [-0.05, 0) is 79.9 Å². The molecule has 2 aromatic rings. The number of imide groups is 1. The molecule has 1 fully saturated rings. The molecule has 2 aromatic carbocycles. The molecule has 0 bridgehead atoms. The van der Waals surface area contributed by atoms with E-state index in [2.05, 4.69) is 0 Å². The van der Waals surface area contributed by atoms with Crippen molar-refractivity contribution in [2.24, 2.45) is 17.8 Å². The monoisotopic (exact) mass is 537 g/mol. The lowest BCUT2D eigenvalue weighted by molar-refractivity contribution is -0.123. The van der Waals surface area contributed by atoms with Crippen LogP contribution >= 0.6 is 0 Å². The Balaban J connectivity index is 1.49. The number of hydrogen-bond acceptors (Lipinski definition) is 7. The second kappa shape index (κ2) is 9.25. The summed E-state index contributed by atoms with van der Waals surface area (Å²) >= 11 is 0. The second-order valence-corrected chi connectivity index (χ2v) is 11.2. The van der Waals surface area contributed by atoms with Crippen molar-refractivity contribution in [3.05, 3.63) is 87.5 Å². The number of nitrogens with zero attached hydrogens (tertiary/aromatic N) is 1. The van der Waals surface area contributed by atoms with Crippen LogP contribution in [-0.4, -0.2) is 45.7 Å². The zero-order valence-electron chi connectivity index (χ0n) is 22.3. The molecule has 3 aliphatic carbocycles. The van der Waals surface area contributed by atoms with Crippen molar-refractivity contribution in [2.75, 3.05) is 4.90 Å². The van der Waals surface area contributed by atoms with Crippen molar-refractivity contribution < 1.29 is 34.3 Å². The number of aryl methyl sites for hydroxylation is 2. The Morgan fingerprint density at radius 3 is 2.30 bits per heavy atom. The van der Waals surface area contributed by atoms with Crippen LogP contribution in [0.1, 0.15) is 42.4 Å². The third-order valence-corrected chi connectivity index (χ3v) is 8.84. The SMILES string of the molecule is CC1=CC(=O)C2=C(C[C@@H]3C(=CC[C@@H]4C(=O)N(c5cccc(B(O)O)c5)C(=O)[C@@H]43)[C@@H]2c2cc(C)c(O)c(C)c2)C1=O. The van der Waals surface area contributed by atoms with Crippen LogP contribution in [0.3, 0.4) is 0 Å². The molecule has 4 aliphatic rings. The van der Waals surface area contributed by atoms with Crippen LogP contribution in [0.5, 0.6) is 5.75 Å². The highest BCUT2D eigenvalue weighted by atomic mass is 16.4. The third-order valence-electron chi connectivity index (χ3n) is 8.84. The molecule has 1 heterocycles. The van der Waals surface area contributed by atoms with Crippen LogP contribution in [0.4, 0.5) is 5.69 Å². The van der Waals surface area contributed by atoms with Crippen molar-refractivity contribution in [3.8, 4) is 5.75 Å². The van der Waals surface area contributed by atoms with E-state index in [1.54, 1.807) is 32.9 Å². The molecule has 1 saturated heterocycles. The Bertz CT molecular complexity index is 1610. The number of anilines is 1. The highest BCUT2D eigenvalue weighted by Gasteiger charge is 2.56. The van der Waals surface area contributed by atoms with Gasteiger partial charge in [0, 0.05) is 22.6 Å². The number of benzene rings is 2. The van der Waals surface area contributed by atoms with Crippen molar-refractivity contribution >= 4 is 41.6 Å². The van der Waals surface area contributed by atoms with Gasteiger partial charge in [0.05, 0.1) is 17.5 Å². The Labute approximate surface area is 231 Å². The largest absolute Gasteiger partial charge is 0.507 e. The Morgan fingerprint density at radius 2 is 1.62 bits per heavy atom. The minimum atomic E-state index is -1.75. The van der Waals surface area contributed by atoms with Crippen LogP contribution in [0, 0.1) is 31.6 Å². The van der Waals surface area contributed by atoms with E-state index in [1.807, 2.05) is 18.2 Å². The summed E-state index contributed by atoms with van der Waals surface area (Å²) in [5, 5.41) is 29.7. The minimum Gasteiger partial charge on any atom is -0.507 e. The maximum atomic E-state index is 14.0. The first-order valence-electron chi connectivity index (χ1n) is 13.3. The quantitative estimate of drug-likeness (QED) is 0.237. The Morgan fingerprint density at radius 1 is 0.925 bits per heavy atom. The molecule has 1 aliphatic heterocycles. The van der Waals surface area contributed by atoms with Gasteiger partial charge in [-0.15, -0.1) is 0 Å². The van der Waals surface area contributed by atoms with Crippen LogP contribution < -0.4 is 10.4 Å². The number of ketones is 2. The fraction of sp³-hybridized carbons (Fsp3) is 0.290. The number of fused-ring (bicyclic) bond motifs is 3. The van der Waals surface area contributed by atoms with Crippen molar-refractivity contribution in [1.82, 2.24) is 0 Å². The second-order valence-electron chi connectivity index (χ2n) is 11.2. The van der Waals surface area contributed by atoms with Crippen molar-refractivity contribution in [1.29, 1.82) is 0 Å². The van der Waals surface area contributed by atoms with Crippen LogP contribution in [0.15, 0.2) is 70.8 Å². The molecule has 0 spiro atoms. The first-order chi connectivity index (χ1) is 19.0. The number of Topliss-reactive ketones (excluding diaryl/α,β-unsaturated/α-hetero) is 1. The van der Waals surface area contributed by atoms with E-state index >= 15 is 0 Å². The molecule has 4 atom stereocenters. The highest BCUT2D eigenvalue weighted by molar-refractivity contribution is 6.58. The fourth-order valence-corrected chi connectivity index (χ4v) is 7.00. The van der Waals surface area contributed by atoms with E-state index < -0.39 is 36.7 Å². The third kappa shape index (κ3) is 3.76. The highest BCUT2D eigenvalue weighted by Crippen LogP contribution is 2.55. The molecular weight excluding hydrogens is 509 g/mol. The number of amides is 2. The van der Waals surface area contributed by atoms with Gasteiger partial charge >= 0.3 is 7.12 Å². The lowest BCUT2D eigenvalue weighted by atomic mass is 9.59. The molecule has 40 heavy (non-hydrogen) atoms. The van der Waals surface area contributed by atoms with Gasteiger partial charge in [-0.25, -0.2) is 0 Å². The molecule has 8 nitrogen and oxygen atoms in total. The molecule has 2 amide bonds. The summed E-state index contributed by atoms with van der Waals surface area (Å²) in [6, 6.07) is 9.67. The predicted molar refractivity (Wildman–Crippen MR) is 148 cm³/mol. The van der Waals surface area contributed by atoms with Gasteiger partial charge in [0.1, 0.15) is 5.75 Å². The standard InChI is InChI=1S/C31H28BNO7/c1-14-9-17(10-15(2)28(14)35)25-20-7-8-21-26(22(20)13-23-27(25)24(34)11-16(3)29(23)36)31(38)33(30(21)37)19-6-4-5-18(12-19)32(39)40/h4-7,9-12,21-22,25-26,35,39-40H,8,13H2,1-3H3/t21-,22+,25-,26-/m0/s1. The molecule has 3 N–H and O–H groups in total. The molecule has 0 unspecified atom stereocenters. The summed E-state index contributed by atoms with van der Waals surface area (Å²) in [5.41, 5.74) is 4.41. The molecule has 0 saturated carbocycles. The number of phenols is 1. The van der Waals surface area contributed by atoms with Gasteiger partial charge in [0.25, 0.3) is 0 Å². The first-order valence-corrected chi connectivity index (χ1v) is 13.3. The summed E-state index contributed by atoms with van der Waals surface area (Å²) in [4.78, 5) is 55.6. The average Bonchev–Trinajstić information content (AvgIpc) is 3.18. The van der Waals surface area contributed by atoms with Crippen molar-refractivity contribution in [3.63, 3.8) is 0 Å². The smallest absolute Gasteiger partial charge is 0.488 e. The van der Waals surface area contributed by atoms with Gasteiger partial charge in [0.2, 0.25) is 11.8 Å². The maximum Gasteiger partial charge on any atom is 0.488 e. The van der Waals surface area contributed by atoms with Gasteiger partial charge in [-0.2, -0.15) is 0 Å². The zero-order valence-corrected chi connectivity index (χ0v) is 22.3. The summed E-state index contributed by atoms with van der Waals surface area (Å²) in [6.45, 7) is 5.16.